The number of benzene rings is 2. The van der Waals surface area contributed by atoms with Crippen LogP contribution in [0.2, 0.25) is 0 Å². The predicted molar refractivity (Wildman–Crippen MR) is 127 cm³/mol. The molecule has 0 radical (unpaired) electrons. The number of halogens is 2. The van der Waals surface area contributed by atoms with Crippen LogP contribution < -0.4 is 14.8 Å². The van der Waals surface area contributed by atoms with Crippen molar-refractivity contribution in [2.24, 2.45) is 0 Å². The maximum atomic E-state index is 14.7. The number of ether oxygens (including phenoxy) is 2. The van der Waals surface area contributed by atoms with Gasteiger partial charge in [0.2, 0.25) is 11.8 Å². The number of nitrogens with zero attached hydrogens (tertiary/aromatic N) is 2. The summed E-state index contributed by atoms with van der Waals surface area (Å²) >= 11 is 0. The van der Waals surface area contributed by atoms with Crippen LogP contribution in [0.1, 0.15) is 34.3 Å². The molecule has 0 saturated carbocycles. The predicted octanol–water partition coefficient (Wildman–Crippen LogP) is 4.27. The second-order valence-corrected chi connectivity index (χ2v) is 9.41. The van der Waals surface area contributed by atoms with Crippen molar-refractivity contribution in [1.29, 1.82) is 0 Å². The zero-order valence-corrected chi connectivity index (χ0v) is 19.5. The molecule has 4 heterocycles. The van der Waals surface area contributed by atoms with Crippen molar-refractivity contribution in [3.63, 3.8) is 0 Å². The van der Waals surface area contributed by atoms with Gasteiger partial charge in [-0.25, -0.2) is 13.8 Å². The highest BCUT2D eigenvalue weighted by molar-refractivity contribution is 6.04. The van der Waals surface area contributed by atoms with Gasteiger partial charge in [0.05, 0.1) is 29.4 Å². The van der Waals surface area contributed by atoms with Gasteiger partial charge in [-0.3, -0.25) is 9.59 Å². The molecule has 9 heteroatoms. The van der Waals surface area contributed by atoms with E-state index in [1.165, 1.54) is 18.2 Å². The van der Waals surface area contributed by atoms with Crippen LogP contribution in [0.3, 0.4) is 0 Å². The zero-order chi connectivity index (χ0) is 25.0. The minimum absolute atomic E-state index is 0.0485. The van der Waals surface area contributed by atoms with Gasteiger partial charge < -0.3 is 19.7 Å². The molecule has 2 aromatic carbocycles. The van der Waals surface area contributed by atoms with Crippen LogP contribution in [0.4, 0.5) is 14.5 Å². The van der Waals surface area contributed by atoms with Crippen LogP contribution in [0, 0.1) is 18.6 Å². The number of carbonyl (C=O) groups excluding carboxylic acids is 2. The minimum atomic E-state index is -0.746. The number of amides is 2. The molecule has 0 spiro atoms. The van der Waals surface area contributed by atoms with Crippen molar-refractivity contribution in [3.05, 3.63) is 70.9 Å². The van der Waals surface area contributed by atoms with Crippen molar-refractivity contribution < 1.29 is 27.8 Å². The Hall–Kier alpha value is -4.01. The lowest BCUT2D eigenvalue weighted by Crippen LogP contribution is -2.37. The van der Waals surface area contributed by atoms with E-state index < -0.39 is 11.6 Å². The van der Waals surface area contributed by atoms with Crippen LogP contribution in [0.15, 0.2) is 42.6 Å². The second-order valence-electron chi connectivity index (χ2n) is 9.41. The molecule has 0 aliphatic carbocycles. The number of hydrogen-bond donors (Lipinski definition) is 1. The van der Waals surface area contributed by atoms with E-state index in [0.717, 1.165) is 11.1 Å². The SMILES string of the molecule is Cc1cc2c(c(-c3c(F)cccc3F)c1)C(=O)N1C[C@@H](Oc3cc4c(cn3)CCC(=O)N4)C[C@@H]1CO2. The fraction of sp³-hybridized carbons (Fsp3) is 0.296. The van der Waals surface area contributed by atoms with Gasteiger partial charge in [-0.2, -0.15) is 0 Å². The molecule has 6 rings (SSSR count). The highest BCUT2D eigenvalue weighted by atomic mass is 19.1. The van der Waals surface area contributed by atoms with E-state index in [1.54, 1.807) is 36.2 Å². The lowest BCUT2D eigenvalue weighted by atomic mass is 9.95. The van der Waals surface area contributed by atoms with Crippen LogP contribution in [-0.4, -0.2) is 47.0 Å². The van der Waals surface area contributed by atoms with E-state index in [2.05, 4.69) is 10.3 Å². The first kappa shape index (κ1) is 22.5. The summed E-state index contributed by atoms with van der Waals surface area (Å²) in [7, 11) is 0. The van der Waals surface area contributed by atoms with E-state index in [0.29, 0.717) is 36.6 Å². The number of aryl methyl sites for hydroxylation is 2. The first-order valence-corrected chi connectivity index (χ1v) is 11.9. The van der Waals surface area contributed by atoms with E-state index in [-0.39, 0.29) is 53.8 Å². The molecule has 0 unspecified atom stereocenters. The average Bonchev–Trinajstić information content (AvgIpc) is 3.19. The monoisotopic (exact) mass is 491 g/mol. The third kappa shape index (κ3) is 3.84. The van der Waals surface area contributed by atoms with Crippen LogP contribution in [-0.2, 0) is 11.2 Å². The van der Waals surface area contributed by atoms with E-state index in [9.17, 15) is 18.4 Å². The Morgan fingerprint density at radius 1 is 1.11 bits per heavy atom. The van der Waals surface area contributed by atoms with Crippen molar-refractivity contribution >= 4 is 17.5 Å². The molecule has 36 heavy (non-hydrogen) atoms. The van der Waals surface area contributed by atoms with Crippen LogP contribution >= 0.6 is 0 Å². The molecule has 1 fully saturated rings. The van der Waals surface area contributed by atoms with Crippen LogP contribution in [0.25, 0.3) is 11.1 Å². The van der Waals surface area contributed by atoms with Gasteiger partial charge in [0.1, 0.15) is 30.1 Å². The normalized spacial score (nSPS) is 20.6. The van der Waals surface area contributed by atoms with Gasteiger partial charge >= 0.3 is 0 Å². The fourth-order valence-electron chi connectivity index (χ4n) is 5.21. The summed E-state index contributed by atoms with van der Waals surface area (Å²) in [5, 5.41) is 2.83. The third-order valence-corrected chi connectivity index (χ3v) is 6.90. The highest BCUT2D eigenvalue weighted by Crippen LogP contribution is 2.40. The molecule has 7 nitrogen and oxygen atoms in total. The van der Waals surface area contributed by atoms with Gasteiger partial charge in [0.15, 0.2) is 0 Å². The summed E-state index contributed by atoms with van der Waals surface area (Å²) in [6, 6.07) is 8.39. The van der Waals surface area contributed by atoms with E-state index in [1.807, 2.05) is 0 Å². The molecule has 0 bridgehead atoms. The maximum absolute atomic E-state index is 14.7. The molecule has 2 atom stereocenters. The summed E-state index contributed by atoms with van der Waals surface area (Å²) < 4.78 is 41.5. The topological polar surface area (TPSA) is 80.8 Å². The first-order chi connectivity index (χ1) is 17.4. The Bertz CT molecular complexity index is 1390. The van der Waals surface area contributed by atoms with Gasteiger partial charge in [-0.1, -0.05) is 12.1 Å². The van der Waals surface area contributed by atoms with Crippen LogP contribution in [0.5, 0.6) is 11.6 Å². The molecule has 3 aromatic rings. The number of nitrogens with one attached hydrogen (secondary N) is 1. The molecule has 3 aliphatic heterocycles. The quantitative estimate of drug-likeness (QED) is 0.592. The average molecular weight is 491 g/mol. The number of carbonyl (C=O) groups is 2. The largest absolute Gasteiger partial charge is 0.491 e. The van der Waals surface area contributed by atoms with Gasteiger partial charge in [-0.05, 0) is 42.7 Å². The maximum Gasteiger partial charge on any atom is 0.258 e. The lowest BCUT2D eigenvalue weighted by Gasteiger charge is -2.22. The van der Waals surface area contributed by atoms with Crippen molar-refractivity contribution in [3.8, 4) is 22.8 Å². The Morgan fingerprint density at radius 3 is 2.72 bits per heavy atom. The standard InChI is InChI=1S/C27H23F2N3O4/c1-14-7-18(25-19(28)3-2-4-20(25)29)26-22(8-14)35-13-16-9-17(12-32(16)27(26)34)36-24-10-21-15(11-30-24)5-6-23(33)31-21/h2-4,7-8,10-11,16-17H,5-6,9,12-13H2,1H3,(H,31,33)/t16-,17+/m1/s1. The Kier molecular flexibility index (Phi) is 5.35. The zero-order valence-electron chi connectivity index (χ0n) is 19.5. The summed E-state index contributed by atoms with van der Waals surface area (Å²) in [6.45, 7) is 2.29. The van der Waals surface area contributed by atoms with Gasteiger partial charge in [0.25, 0.3) is 5.91 Å². The fourth-order valence-corrected chi connectivity index (χ4v) is 5.21. The summed E-state index contributed by atoms with van der Waals surface area (Å²) in [5.41, 5.74) is 2.42. The molecule has 3 aliphatic rings. The van der Waals surface area contributed by atoms with Crippen molar-refractivity contribution in [2.45, 2.75) is 38.3 Å². The Morgan fingerprint density at radius 2 is 1.92 bits per heavy atom. The Labute approximate surface area is 206 Å². The highest BCUT2D eigenvalue weighted by Gasteiger charge is 2.42. The van der Waals surface area contributed by atoms with Gasteiger partial charge in [-0.15, -0.1) is 0 Å². The Balaban J connectivity index is 1.30. The first-order valence-electron chi connectivity index (χ1n) is 11.9. The molecular weight excluding hydrogens is 468 g/mol. The number of fused-ring (bicyclic) bond motifs is 3. The number of rotatable bonds is 3. The van der Waals surface area contributed by atoms with Crippen molar-refractivity contribution in [1.82, 2.24) is 9.88 Å². The smallest absolute Gasteiger partial charge is 0.258 e. The number of aromatic nitrogens is 1. The number of anilines is 1. The molecular formula is C27H23F2N3O4. The third-order valence-electron chi connectivity index (χ3n) is 6.90. The summed E-state index contributed by atoms with van der Waals surface area (Å²) in [5.74, 6) is -1.22. The number of pyridine rings is 1. The lowest BCUT2D eigenvalue weighted by molar-refractivity contribution is -0.116. The second kappa shape index (κ2) is 8.58. The van der Waals surface area contributed by atoms with E-state index in [4.69, 9.17) is 9.47 Å². The molecule has 1 saturated heterocycles. The molecule has 1 aromatic heterocycles. The number of hydrogen-bond acceptors (Lipinski definition) is 5. The summed E-state index contributed by atoms with van der Waals surface area (Å²) in [4.78, 5) is 31.5. The molecule has 184 valence electrons. The molecule has 2 amide bonds. The summed E-state index contributed by atoms with van der Waals surface area (Å²) in [6.07, 6.45) is 2.90. The van der Waals surface area contributed by atoms with Crippen molar-refractivity contribution in [2.75, 3.05) is 18.5 Å². The minimum Gasteiger partial charge on any atom is -0.491 e. The van der Waals surface area contributed by atoms with Gasteiger partial charge in [0, 0.05) is 30.7 Å². The molecule has 1 N–H and O–H groups in total. The van der Waals surface area contributed by atoms with E-state index >= 15 is 0 Å².